The quantitative estimate of drug-likeness (QED) is 0.722. The van der Waals surface area contributed by atoms with Gasteiger partial charge < -0.3 is 20.5 Å². The Morgan fingerprint density at radius 3 is 2.88 bits per heavy atom. The molecule has 0 aliphatic carbocycles. The van der Waals surface area contributed by atoms with Crippen LogP contribution in [0.5, 0.6) is 0 Å². The van der Waals surface area contributed by atoms with Crippen LogP contribution in [0.2, 0.25) is 0 Å². The Balaban J connectivity index is 1.87. The molecule has 2 aliphatic heterocycles. The molecule has 0 aromatic carbocycles. The fourth-order valence-electron chi connectivity index (χ4n) is 1.19. The van der Waals surface area contributed by atoms with Crippen LogP contribution in [-0.4, -0.2) is 22.0 Å². The zero-order chi connectivity index (χ0) is 11.4. The second-order valence-electron chi connectivity index (χ2n) is 3.15. The topological polar surface area (TPSA) is 52.6 Å². The lowest BCUT2D eigenvalue weighted by Crippen LogP contribution is -2.21. The van der Waals surface area contributed by atoms with Crippen molar-refractivity contribution in [2.75, 3.05) is 6.54 Å². The van der Waals surface area contributed by atoms with Crippen LogP contribution in [0.3, 0.4) is 0 Å². The fourth-order valence-corrected chi connectivity index (χ4v) is 3.44. The van der Waals surface area contributed by atoms with Gasteiger partial charge in [-0.3, -0.25) is 0 Å². The summed E-state index contributed by atoms with van der Waals surface area (Å²) in [4.78, 5) is 0. The third-order valence-electron chi connectivity index (χ3n) is 1.99. The van der Waals surface area contributed by atoms with E-state index in [1.807, 2.05) is 12.2 Å². The molecule has 0 N–H and O–H groups in total. The molecule has 1 atom stereocenters. The summed E-state index contributed by atoms with van der Waals surface area (Å²) in [5.74, 6) is 0. The van der Waals surface area contributed by atoms with Gasteiger partial charge in [0.15, 0.2) is 0 Å². The van der Waals surface area contributed by atoms with Gasteiger partial charge >= 0.3 is 0 Å². The summed E-state index contributed by atoms with van der Waals surface area (Å²) in [6.07, 6.45) is 12.2. The number of rotatable bonds is 3. The van der Waals surface area contributed by atoms with Crippen molar-refractivity contribution >= 4 is 21.6 Å². The van der Waals surface area contributed by atoms with E-state index in [1.165, 1.54) is 27.8 Å². The van der Waals surface area contributed by atoms with E-state index in [0.717, 1.165) is 10.1 Å². The Kier molecular flexibility index (Phi) is 4.00. The van der Waals surface area contributed by atoms with Crippen molar-refractivity contribution in [2.45, 2.75) is 5.37 Å². The average molecular weight is 254 g/mol. The normalized spacial score (nSPS) is 23.9. The lowest BCUT2D eigenvalue weighted by atomic mass is 10.4. The van der Waals surface area contributed by atoms with Gasteiger partial charge in [-0.25, -0.2) is 0 Å². The third kappa shape index (κ3) is 2.85. The summed E-state index contributed by atoms with van der Waals surface area (Å²) in [6.45, 7) is 0.376. The van der Waals surface area contributed by atoms with E-state index in [1.54, 1.807) is 24.3 Å². The van der Waals surface area contributed by atoms with Crippen LogP contribution in [0.25, 0.3) is 0 Å². The second kappa shape index (κ2) is 5.49. The predicted octanol–water partition coefficient (Wildman–Crippen LogP) is 2.79. The maximum Gasteiger partial charge on any atom is 0.0939 e. The Bertz CT molecular complexity index is 366. The van der Waals surface area contributed by atoms with Crippen LogP contribution in [0.15, 0.2) is 47.7 Å². The molecule has 4 nitrogen and oxygen atoms in total. The van der Waals surface area contributed by atoms with Crippen LogP contribution in [-0.2, 0) is 0 Å². The van der Waals surface area contributed by atoms with Crippen molar-refractivity contribution < 1.29 is 0 Å². The molecule has 0 spiro atoms. The van der Waals surface area contributed by atoms with Gasteiger partial charge in [0.1, 0.15) is 0 Å². The van der Waals surface area contributed by atoms with Crippen molar-refractivity contribution in [1.82, 2.24) is 10.1 Å². The number of hydrogen-bond donors (Lipinski definition) is 0. The molecule has 0 fully saturated rings. The maximum absolute atomic E-state index is 11.4. The molecule has 2 rings (SSSR count). The Morgan fingerprint density at radius 1 is 1.25 bits per heavy atom. The van der Waals surface area contributed by atoms with E-state index in [-0.39, 0.29) is 5.37 Å². The zero-order valence-corrected chi connectivity index (χ0v) is 9.99. The molecule has 86 valence electrons. The minimum absolute atomic E-state index is 0.268. The Hall–Kier alpha value is -0.820. The first-order chi connectivity index (χ1) is 7.77. The summed E-state index contributed by atoms with van der Waals surface area (Å²) in [7, 11) is 2.69. The fraction of sp³-hybridized carbons (Fsp3) is 0.200. The van der Waals surface area contributed by atoms with E-state index in [9.17, 15) is 10.4 Å². The van der Waals surface area contributed by atoms with Gasteiger partial charge in [0.05, 0.1) is 10.4 Å². The third-order valence-corrected chi connectivity index (χ3v) is 4.56. The van der Waals surface area contributed by atoms with E-state index in [2.05, 4.69) is 0 Å². The van der Waals surface area contributed by atoms with Crippen molar-refractivity contribution in [3.63, 3.8) is 0 Å². The first-order valence-electron chi connectivity index (χ1n) is 4.72. The van der Waals surface area contributed by atoms with E-state index >= 15 is 0 Å². The molecule has 0 radical (unpaired) electrons. The largest absolute Gasteiger partial charge is 0.758 e. The average Bonchev–Trinajstić information content (AvgIpc) is 2.30. The molecule has 0 saturated carbocycles. The van der Waals surface area contributed by atoms with E-state index in [0.29, 0.717) is 11.6 Å². The zero-order valence-electron chi connectivity index (χ0n) is 8.35. The molecule has 0 aromatic rings. The predicted molar refractivity (Wildman–Crippen MR) is 69.8 cm³/mol. The first-order valence-corrected chi connectivity index (χ1v) is 6.94. The van der Waals surface area contributed by atoms with Gasteiger partial charge in [-0.15, -0.1) is 0 Å². The van der Waals surface area contributed by atoms with Crippen molar-refractivity contribution in [1.29, 1.82) is 0 Å². The van der Waals surface area contributed by atoms with Gasteiger partial charge in [0, 0.05) is 6.54 Å². The minimum atomic E-state index is -0.268. The van der Waals surface area contributed by atoms with Gasteiger partial charge in [-0.1, -0.05) is 35.1 Å². The van der Waals surface area contributed by atoms with Crippen LogP contribution >= 0.6 is 21.6 Å². The van der Waals surface area contributed by atoms with Crippen LogP contribution < -0.4 is 0 Å². The molecule has 6 heteroatoms. The van der Waals surface area contributed by atoms with Crippen molar-refractivity contribution in [3.05, 3.63) is 58.1 Å². The number of hydroxylamine groups is 4. The minimum Gasteiger partial charge on any atom is -0.758 e. The molecular weight excluding hydrogens is 244 g/mol. The summed E-state index contributed by atoms with van der Waals surface area (Å²) in [5.41, 5.74) is 0. The van der Waals surface area contributed by atoms with E-state index in [4.69, 9.17) is 0 Å². The standard InChI is InChI=1S/C10H10N2O2S2/c13-11-7-3-1-5-9(11)15-16-10-6-2-4-8-12(10)14/h1-7,9H,8H2/q-2. The summed E-state index contributed by atoms with van der Waals surface area (Å²) >= 11 is 0. The number of hydrogen-bond acceptors (Lipinski definition) is 6. The number of nitrogens with zero attached hydrogens (tertiary/aromatic N) is 2. The Labute approximate surface area is 102 Å². The molecule has 0 amide bonds. The maximum atomic E-state index is 11.4. The molecule has 2 aliphatic rings. The van der Waals surface area contributed by atoms with Gasteiger partial charge in [0.25, 0.3) is 0 Å². The molecule has 1 unspecified atom stereocenters. The Morgan fingerprint density at radius 2 is 2.12 bits per heavy atom. The van der Waals surface area contributed by atoms with Crippen LogP contribution in [0.4, 0.5) is 0 Å². The van der Waals surface area contributed by atoms with Crippen LogP contribution in [0.1, 0.15) is 0 Å². The molecule has 0 aromatic heterocycles. The van der Waals surface area contributed by atoms with Crippen molar-refractivity contribution in [2.24, 2.45) is 0 Å². The highest BCUT2D eigenvalue weighted by molar-refractivity contribution is 8.78. The van der Waals surface area contributed by atoms with Gasteiger partial charge in [-0.2, -0.15) is 0 Å². The second-order valence-corrected chi connectivity index (χ2v) is 5.49. The molecule has 16 heavy (non-hydrogen) atoms. The number of allylic oxidation sites excluding steroid dienone is 4. The van der Waals surface area contributed by atoms with Crippen LogP contribution in [0, 0.1) is 10.4 Å². The summed E-state index contributed by atoms with van der Waals surface area (Å²) < 4.78 is 0. The first kappa shape index (κ1) is 11.7. The summed E-state index contributed by atoms with van der Waals surface area (Å²) in [6, 6.07) is 0. The van der Waals surface area contributed by atoms with Gasteiger partial charge in [0.2, 0.25) is 0 Å². The smallest absolute Gasteiger partial charge is 0.0939 e. The molecular formula is C10H10N2O2S2-2. The summed E-state index contributed by atoms with van der Waals surface area (Å²) in [5, 5.41) is 24.9. The molecule has 0 bridgehead atoms. The SMILES string of the molecule is [O-]N1CC=CC=C1SSC1C=CC=CN1[O-]. The van der Waals surface area contributed by atoms with Gasteiger partial charge in [-0.05, 0) is 29.1 Å². The lowest BCUT2D eigenvalue weighted by Gasteiger charge is -2.37. The highest BCUT2D eigenvalue weighted by Gasteiger charge is 2.10. The van der Waals surface area contributed by atoms with Crippen molar-refractivity contribution in [3.8, 4) is 0 Å². The molecule has 0 saturated heterocycles. The lowest BCUT2D eigenvalue weighted by molar-refractivity contribution is 0.530. The monoisotopic (exact) mass is 254 g/mol. The van der Waals surface area contributed by atoms with E-state index < -0.39 is 0 Å². The molecule has 2 heterocycles. The highest BCUT2D eigenvalue weighted by Crippen LogP contribution is 2.38. The highest BCUT2D eigenvalue weighted by atomic mass is 33.1.